The molecule has 0 aliphatic carbocycles. The Labute approximate surface area is 235 Å². The van der Waals surface area contributed by atoms with Gasteiger partial charge in [0.25, 0.3) is 0 Å². The minimum Gasteiger partial charge on any atom is -0.192 e. The summed E-state index contributed by atoms with van der Waals surface area (Å²) >= 11 is 0. The highest BCUT2D eigenvalue weighted by Gasteiger charge is 2.42. The Morgan fingerprint density at radius 1 is 0.486 bits per heavy atom. The fourth-order valence-corrected chi connectivity index (χ4v) is 19.6. The average molecular weight is 552 g/mol. The first kappa shape index (κ1) is 35.6. The molecule has 37 heavy (non-hydrogen) atoms. The SMILES string of the molecule is CC[Si](C#C/C(C#C[Si](C(C)C)(C(C)C)C(C)C)=C(\C#N)C#C[Si](C(C)C)(C(C)C)C(C)C)(CC)CC. The molecule has 0 aromatic carbocycles. The molecule has 0 aliphatic rings. The van der Waals surface area contributed by atoms with E-state index < -0.39 is 24.2 Å². The van der Waals surface area contributed by atoms with E-state index in [2.05, 4.69) is 144 Å². The molecule has 1 nitrogen and oxygen atoms in total. The number of allylic oxidation sites excluding steroid dienone is 2. The van der Waals surface area contributed by atoms with Gasteiger partial charge in [0.2, 0.25) is 0 Å². The molecule has 0 radical (unpaired) electrons. The van der Waals surface area contributed by atoms with Crippen molar-refractivity contribution in [2.75, 3.05) is 0 Å². The van der Waals surface area contributed by atoms with E-state index in [0.717, 1.165) is 18.1 Å². The van der Waals surface area contributed by atoms with E-state index in [0.29, 0.717) is 44.4 Å². The van der Waals surface area contributed by atoms with Crippen molar-refractivity contribution in [1.82, 2.24) is 0 Å². The molecule has 0 saturated heterocycles. The molecular weight excluding hydrogens is 495 g/mol. The van der Waals surface area contributed by atoms with Crippen molar-refractivity contribution < 1.29 is 0 Å². The van der Waals surface area contributed by atoms with Gasteiger partial charge in [-0.15, -0.1) is 16.6 Å². The Morgan fingerprint density at radius 2 is 0.757 bits per heavy atom. The highest BCUT2D eigenvalue weighted by Crippen LogP contribution is 2.42. The summed E-state index contributed by atoms with van der Waals surface area (Å²) in [5.74, 6) is 10.5. The van der Waals surface area contributed by atoms with Gasteiger partial charge < -0.3 is 0 Å². The first-order chi connectivity index (χ1) is 17.1. The molecule has 0 aromatic rings. The third-order valence-corrected chi connectivity index (χ3v) is 26.7. The zero-order chi connectivity index (χ0) is 29.2. The molecule has 206 valence electrons. The summed E-state index contributed by atoms with van der Waals surface area (Å²) < 4.78 is 0. The normalized spacial score (nSPS) is 13.2. The zero-order valence-corrected chi connectivity index (χ0v) is 30.0. The molecule has 0 heterocycles. The van der Waals surface area contributed by atoms with Crippen molar-refractivity contribution in [2.45, 2.75) is 155 Å². The fraction of sp³-hybridized carbons (Fsp3) is 0.727. The maximum absolute atomic E-state index is 10.4. The van der Waals surface area contributed by atoms with Crippen molar-refractivity contribution in [3.8, 4) is 40.5 Å². The van der Waals surface area contributed by atoms with E-state index in [1.807, 2.05) is 0 Å². The summed E-state index contributed by atoms with van der Waals surface area (Å²) in [4.78, 5) is 0. The molecule has 0 saturated carbocycles. The Balaban J connectivity index is 7.61. The van der Waals surface area contributed by atoms with Crippen LogP contribution in [0.4, 0.5) is 0 Å². The molecule has 0 aromatic heterocycles. The summed E-state index contributed by atoms with van der Waals surface area (Å²) in [6.07, 6.45) is 0. The second kappa shape index (κ2) is 15.2. The third kappa shape index (κ3) is 8.03. The number of rotatable bonds is 9. The van der Waals surface area contributed by atoms with Gasteiger partial charge in [-0.25, -0.2) is 0 Å². The van der Waals surface area contributed by atoms with Crippen molar-refractivity contribution >= 4 is 24.2 Å². The van der Waals surface area contributed by atoms with Gasteiger partial charge >= 0.3 is 0 Å². The van der Waals surface area contributed by atoms with E-state index >= 15 is 0 Å². The topological polar surface area (TPSA) is 23.8 Å². The second-order valence-electron chi connectivity index (χ2n) is 12.7. The summed E-state index contributed by atoms with van der Waals surface area (Å²) in [7, 11) is -5.63. The molecule has 0 rings (SSSR count). The molecule has 0 bridgehead atoms. The molecule has 0 atom stereocenters. The first-order valence-electron chi connectivity index (χ1n) is 14.8. The van der Waals surface area contributed by atoms with Crippen LogP contribution in [0, 0.1) is 45.7 Å². The van der Waals surface area contributed by atoms with E-state index in [1.165, 1.54) is 0 Å². The molecule has 0 unspecified atom stereocenters. The van der Waals surface area contributed by atoms with Gasteiger partial charge in [0.1, 0.15) is 35.9 Å². The predicted octanol–water partition coefficient (Wildman–Crippen LogP) is 10.3. The van der Waals surface area contributed by atoms with Crippen molar-refractivity contribution in [1.29, 1.82) is 5.26 Å². The van der Waals surface area contributed by atoms with Crippen molar-refractivity contribution in [3.63, 3.8) is 0 Å². The van der Waals surface area contributed by atoms with Gasteiger partial charge in [0.05, 0.1) is 5.57 Å². The van der Waals surface area contributed by atoms with Crippen LogP contribution in [0.1, 0.15) is 104 Å². The largest absolute Gasteiger partial charge is 0.192 e. The van der Waals surface area contributed by atoms with Crippen LogP contribution < -0.4 is 0 Å². The smallest absolute Gasteiger partial charge is 0.146 e. The highest BCUT2D eigenvalue weighted by atomic mass is 28.3. The maximum atomic E-state index is 10.4. The molecule has 0 spiro atoms. The minimum absolute atomic E-state index is 0.490. The predicted molar refractivity (Wildman–Crippen MR) is 175 cm³/mol. The van der Waals surface area contributed by atoms with E-state index in [1.54, 1.807) is 0 Å². The fourth-order valence-electron chi connectivity index (χ4n) is 6.72. The zero-order valence-electron chi connectivity index (χ0n) is 27.0. The Morgan fingerprint density at radius 3 is 1.00 bits per heavy atom. The number of hydrogen-bond acceptors (Lipinski definition) is 1. The summed E-state index contributed by atoms with van der Waals surface area (Å²) in [6.45, 7) is 34.7. The quantitative estimate of drug-likeness (QED) is 0.159. The lowest BCUT2D eigenvalue weighted by Gasteiger charge is -2.38. The Bertz CT molecular complexity index is 946. The van der Waals surface area contributed by atoms with E-state index in [4.69, 9.17) is 0 Å². The second-order valence-corrected chi connectivity index (χ2v) is 28.8. The molecule has 0 aliphatic heterocycles. The van der Waals surface area contributed by atoms with Crippen LogP contribution in [0.3, 0.4) is 0 Å². The van der Waals surface area contributed by atoms with Crippen LogP contribution in [-0.4, -0.2) is 24.2 Å². The Kier molecular flexibility index (Phi) is 14.6. The standard InChI is InChI=1S/C33H57NSi3/c1-16-35(17-2,18-3)22-19-32(20-23-36(26(4)5,27(6)7)28(8)9)33(25-34)21-24-37(29(10)11,30(12)13)31(14)15/h26-31H,16-18H2,1-15H3/b33-32+. The van der Waals surface area contributed by atoms with Crippen LogP contribution in [0.25, 0.3) is 0 Å². The average Bonchev–Trinajstić information content (AvgIpc) is 2.81. The van der Waals surface area contributed by atoms with Gasteiger partial charge in [-0.3, -0.25) is 0 Å². The first-order valence-corrected chi connectivity index (χ1v) is 21.9. The van der Waals surface area contributed by atoms with Crippen molar-refractivity contribution in [3.05, 3.63) is 11.1 Å². The third-order valence-electron chi connectivity index (χ3n) is 9.38. The lowest BCUT2D eigenvalue weighted by atomic mass is 10.1. The molecular formula is C33H57NSi3. The van der Waals surface area contributed by atoms with Gasteiger partial charge in [-0.1, -0.05) is 122 Å². The molecule has 4 heteroatoms. The van der Waals surface area contributed by atoms with Crippen molar-refractivity contribution in [2.24, 2.45) is 0 Å². The lowest BCUT2D eigenvalue weighted by molar-refractivity contribution is 0.838. The highest BCUT2D eigenvalue weighted by molar-refractivity contribution is 6.91. The monoisotopic (exact) mass is 551 g/mol. The summed E-state index contributed by atoms with van der Waals surface area (Å²) in [6, 6.07) is 5.86. The Hall–Kier alpha value is -1.44. The number of hydrogen-bond donors (Lipinski definition) is 0. The van der Waals surface area contributed by atoms with Crippen LogP contribution >= 0.6 is 0 Å². The lowest BCUT2D eigenvalue weighted by Crippen LogP contribution is -2.43. The maximum Gasteiger partial charge on any atom is 0.146 e. The molecule has 0 N–H and O–H groups in total. The van der Waals surface area contributed by atoms with Gasteiger partial charge in [-0.05, 0) is 51.4 Å². The van der Waals surface area contributed by atoms with Crippen LogP contribution in [0.15, 0.2) is 11.1 Å². The molecule has 0 amide bonds. The minimum atomic E-state index is -1.97. The number of nitrogens with zero attached hydrogens (tertiary/aromatic N) is 1. The summed E-state index contributed by atoms with van der Waals surface area (Å²) in [5, 5.41) is 10.4. The van der Waals surface area contributed by atoms with Crippen LogP contribution in [-0.2, 0) is 0 Å². The van der Waals surface area contributed by atoms with E-state index in [-0.39, 0.29) is 0 Å². The van der Waals surface area contributed by atoms with Gasteiger partial charge in [-0.2, -0.15) is 5.26 Å². The van der Waals surface area contributed by atoms with Gasteiger partial charge in [0.15, 0.2) is 0 Å². The van der Waals surface area contributed by atoms with E-state index in [9.17, 15) is 5.26 Å². The van der Waals surface area contributed by atoms with Crippen LogP contribution in [0.2, 0.25) is 51.4 Å². The number of nitriles is 1. The van der Waals surface area contributed by atoms with Gasteiger partial charge in [0, 0.05) is 0 Å². The van der Waals surface area contributed by atoms with Crippen LogP contribution in [0.5, 0.6) is 0 Å². The summed E-state index contributed by atoms with van der Waals surface area (Å²) in [5.41, 5.74) is 15.6. The molecule has 0 fully saturated rings.